The molecule has 1 heterocycles. The topological polar surface area (TPSA) is 77.2 Å². The molecule has 20 heavy (non-hydrogen) atoms. The Hall–Kier alpha value is -1.92. The zero-order valence-corrected chi connectivity index (χ0v) is 12.1. The Bertz CT molecular complexity index is 624. The molecule has 1 aromatic heterocycles. The lowest BCUT2D eigenvalue weighted by molar-refractivity contribution is -0.117. The van der Waals surface area contributed by atoms with E-state index >= 15 is 0 Å². The Morgan fingerprint density at radius 2 is 2.45 bits per heavy atom. The van der Waals surface area contributed by atoms with Crippen LogP contribution in [-0.4, -0.2) is 23.5 Å². The van der Waals surface area contributed by atoms with Crippen molar-refractivity contribution in [3.63, 3.8) is 0 Å². The number of nitrogens with one attached hydrogen (secondary N) is 1. The van der Waals surface area contributed by atoms with E-state index in [4.69, 9.17) is 10.5 Å². The molecule has 0 aliphatic heterocycles. The summed E-state index contributed by atoms with van der Waals surface area (Å²) in [5.41, 5.74) is 6.53. The molecule has 0 spiro atoms. The SMILES string of the molecule is C=CCC(N)C(=O)Nc1nc2ccc(OCC)cc2s1. The van der Waals surface area contributed by atoms with Crippen LogP contribution in [0.15, 0.2) is 30.9 Å². The van der Waals surface area contributed by atoms with Crippen molar-refractivity contribution in [3.8, 4) is 5.75 Å². The normalized spacial score (nSPS) is 12.1. The van der Waals surface area contributed by atoms with Crippen molar-refractivity contribution in [2.75, 3.05) is 11.9 Å². The molecular formula is C14H17N3O2S. The first-order valence-corrected chi connectivity index (χ1v) is 7.16. The summed E-state index contributed by atoms with van der Waals surface area (Å²) in [6.45, 7) is 6.11. The number of carbonyl (C=O) groups excluding carboxylic acids is 1. The summed E-state index contributed by atoms with van der Waals surface area (Å²) in [5.74, 6) is 0.541. The van der Waals surface area contributed by atoms with Gasteiger partial charge in [0.25, 0.3) is 0 Å². The van der Waals surface area contributed by atoms with E-state index in [0.29, 0.717) is 18.2 Å². The molecular weight excluding hydrogens is 274 g/mol. The van der Waals surface area contributed by atoms with Gasteiger partial charge in [0, 0.05) is 0 Å². The molecule has 0 aliphatic rings. The summed E-state index contributed by atoms with van der Waals surface area (Å²) in [6.07, 6.45) is 2.06. The van der Waals surface area contributed by atoms with Gasteiger partial charge in [0.15, 0.2) is 5.13 Å². The van der Waals surface area contributed by atoms with Gasteiger partial charge >= 0.3 is 0 Å². The van der Waals surface area contributed by atoms with Gasteiger partial charge in [-0.2, -0.15) is 0 Å². The minimum Gasteiger partial charge on any atom is -0.494 e. The lowest BCUT2D eigenvalue weighted by Crippen LogP contribution is -2.34. The number of hydrogen-bond donors (Lipinski definition) is 2. The first-order chi connectivity index (χ1) is 9.63. The highest BCUT2D eigenvalue weighted by Crippen LogP contribution is 2.29. The number of carbonyl (C=O) groups is 1. The number of hydrogen-bond acceptors (Lipinski definition) is 5. The van der Waals surface area contributed by atoms with Crippen LogP contribution in [0.3, 0.4) is 0 Å². The molecule has 1 aromatic carbocycles. The van der Waals surface area contributed by atoms with E-state index in [1.165, 1.54) is 11.3 Å². The number of ether oxygens (including phenoxy) is 1. The Balaban J connectivity index is 2.15. The first kappa shape index (κ1) is 14.5. The van der Waals surface area contributed by atoms with Gasteiger partial charge in [-0.05, 0) is 31.5 Å². The predicted octanol–water partition coefficient (Wildman–Crippen LogP) is 2.54. The summed E-state index contributed by atoms with van der Waals surface area (Å²) < 4.78 is 6.40. The highest BCUT2D eigenvalue weighted by atomic mass is 32.1. The minimum atomic E-state index is -0.599. The molecule has 1 atom stereocenters. The van der Waals surface area contributed by atoms with Crippen molar-refractivity contribution in [2.45, 2.75) is 19.4 Å². The number of amides is 1. The molecule has 0 saturated heterocycles. The van der Waals surface area contributed by atoms with Gasteiger partial charge in [-0.1, -0.05) is 17.4 Å². The molecule has 106 valence electrons. The zero-order chi connectivity index (χ0) is 14.5. The van der Waals surface area contributed by atoms with Crippen LogP contribution in [0.25, 0.3) is 10.2 Å². The first-order valence-electron chi connectivity index (χ1n) is 6.34. The van der Waals surface area contributed by atoms with Crippen molar-refractivity contribution in [3.05, 3.63) is 30.9 Å². The average molecular weight is 291 g/mol. The lowest BCUT2D eigenvalue weighted by Gasteiger charge is -2.07. The zero-order valence-electron chi connectivity index (χ0n) is 11.3. The Morgan fingerprint density at radius 1 is 1.65 bits per heavy atom. The molecule has 0 radical (unpaired) electrons. The maximum Gasteiger partial charge on any atom is 0.243 e. The van der Waals surface area contributed by atoms with Crippen LogP contribution in [0.5, 0.6) is 5.75 Å². The molecule has 1 unspecified atom stereocenters. The quantitative estimate of drug-likeness (QED) is 0.802. The van der Waals surface area contributed by atoms with Gasteiger partial charge in [-0.3, -0.25) is 4.79 Å². The smallest absolute Gasteiger partial charge is 0.243 e. The second kappa shape index (κ2) is 6.49. The number of nitrogens with zero attached hydrogens (tertiary/aromatic N) is 1. The fourth-order valence-corrected chi connectivity index (χ4v) is 2.60. The number of thiazole rings is 1. The van der Waals surface area contributed by atoms with Crippen LogP contribution < -0.4 is 15.8 Å². The highest BCUT2D eigenvalue weighted by Gasteiger charge is 2.14. The molecule has 1 amide bonds. The van der Waals surface area contributed by atoms with Crippen LogP contribution in [0.2, 0.25) is 0 Å². The molecule has 0 aliphatic carbocycles. The number of aromatic nitrogens is 1. The molecule has 2 rings (SSSR count). The van der Waals surface area contributed by atoms with Gasteiger partial charge in [0.05, 0.1) is 22.9 Å². The molecule has 2 aromatic rings. The maximum absolute atomic E-state index is 11.8. The Kier molecular flexibility index (Phi) is 4.70. The van der Waals surface area contributed by atoms with Crippen LogP contribution in [0.1, 0.15) is 13.3 Å². The van der Waals surface area contributed by atoms with E-state index in [1.807, 2.05) is 25.1 Å². The molecule has 0 bridgehead atoms. The van der Waals surface area contributed by atoms with Crippen LogP contribution >= 0.6 is 11.3 Å². The third-order valence-corrected chi connectivity index (χ3v) is 3.59. The predicted molar refractivity (Wildman–Crippen MR) is 82.2 cm³/mol. The third kappa shape index (κ3) is 3.34. The van der Waals surface area contributed by atoms with Crippen LogP contribution in [0.4, 0.5) is 5.13 Å². The van der Waals surface area contributed by atoms with Gasteiger partial charge in [0.2, 0.25) is 5.91 Å². The highest BCUT2D eigenvalue weighted by molar-refractivity contribution is 7.22. The fourth-order valence-electron chi connectivity index (χ4n) is 1.70. The lowest BCUT2D eigenvalue weighted by atomic mass is 10.2. The van der Waals surface area contributed by atoms with E-state index in [0.717, 1.165) is 16.0 Å². The number of rotatable bonds is 6. The van der Waals surface area contributed by atoms with E-state index in [1.54, 1.807) is 6.08 Å². The van der Waals surface area contributed by atoms with Gasteiger partial charge in [-0.15, -0.1) is 6.58 Å². The largest absolute Gasteiger partial charge is 0.494 e. The third-order valence-electron chi connectivity index (χ3n) is 2.66. The molecule has 0 fully saturated rings. The van der Waals surface area contributed by atoms with E-state index in [9.17, 15) is 4.79 Å². The summed E-state index contributed by atoms with van der Waals surface area (Å²) in [7, 11) is 0. The van der Waals surface area contributed by atoms with Crippen molar-refractivity contribution < 1.29 is 9.53 Å². The van der Waals surface area contributed by atoms with Gasteiger partial charge < -0.3 is 15.8 Å². The van der Waals surface area contributed by atoms with E-state index in [2.05, 4.69) is 16.9 Å². The number of fused-ring (bicyclic) bond motifs is 1. The van der Waals surface area contributed by atoms with E-state index < -0.39 is 6.04 Å². The van der Waals surface area contributed by atoms with Crippen LogP contribution in [-0.2, 0) is 4.79 Å². The standard InChI is InChI=1S/C14H17N3O2S/c1-3-5-10(15)13(18)17-14-16-11-7-6-9(19-4-2)8-12(11)20-14/h3,6-8,10H,1,4-5,15H2,2H3,(H,16,17,18). The second-order valence-corrected chi connectivity index (χ2v) is 5.23. The van der Waals surface area contributed by atoms with Gasteiger partial charge in [-0.25, -0.2) is 4.98 Å². The van der Waals surface area contributed by atoms with Crippen molar-refractivity contribution in [1.29, 1.82) is 0 Å². The summed E-state index contributed by atoms with van der Waals surface area (Å²) >= 11 is 1.40. The summed E-state index contributed by atoms with van der Waals surface area (Å²) in [5, 5.41) is 3.26. The van der Waals surface area contributed by atoms with Crippen LogP contribution in [0, 0.1) is 0 Å². The summed E-state index contributed by atoms with van der Waals surface area (Å²) in [6, 6.07) is 5.05. The van der Waals surface area contributed by atoms with E-state index in [-0.39, 0.29) is 5.91 Å². The van der Waals surface area contributed by atoms with Gasteiger partial charge in [0.1, 0.15) is 5.75 Å². The number of anilines is 1. The summed E-state index contributed by atoms with van der Waals surface area (Å²) in [4.78, 5) is 16.2. The molecule has 3 N–H and O–H groups in total. The van der Waals surface area contributed by atoms with Crippen molar-refractivity contribution >= 4 is 32.6 Å². The molecule has 0 saturated carbocycles. The average Bonchev–Trinajstić information content (AvgIpc) is 2.80. The fraction of sp³-hybridized carbons (Fsp3) is 0.286. The van der Waals surface area contributed by atoms with Crippen molar-refractivity contribution in [2.24, 2.45) is 5.73 Å². The molecule has 6 heteroatoms. The number of nitrogens with two attached hydrogens (primary N) is 1. The monoisotopic (exact) mass is 291 g/mol. The van der Waals surface area contributed by atoms with Crippen molar-refractivity contribution in [1.82, 2.24) is 4.98 Å². The number of benzene rings is 1. The Labute approximate surface area is 121 Å². The second-order valence-electron chi connectivity index (χ2n) is 4.20. The molecule has 5 nitrogen and oxygen atoms in total. The maximum atomic E-state index is 11.8. The minimum absolute atomic E-state index is 0.256. The Morgan fingerprint density at radius 3 is 3.15 bits per heavy atom.